The van der Waals surface area contributed by atoms with Crippen molar-refractivity contribution in [2.24, 2.45) is 5.92 Å². The van der Waals surface area contributed by atoms with Crippen LogP contribution in [0.25, 0.3) is 0 Å². The molecule has 26 heavy (non-hydrogen) atoms. The van der Waals surface area contributed by atoms with Crippen LogP contribution in [-0.2, 0) is 0 Å². The minimum Gasteiger partial charge on any atom is -0.457 e. The molecule has 3 rings (SSSR count). The predicted octanol–water partition coefficient (Wildman–Crippen LogP) is 3.88. The van der Waals surface area contributed by atoms with Crippen molar-refractivity contribution in [1.29, 1.82) is 0 Å². The highest BCUT2D eigenvalue weighted by Crippen LogP contribution is 2.23. The first-order valence-corrected chi connectivity index (χ1v) is 8.84. The second-order valence-electron chi connectivity index (χ2n) is 6.46. The molecule has 0 radical (unpaired) electrons. The van der Waals surface area contributed by atoms with Crippen LogP contribution < -0.4 is 15.4 Å². The third kappa shape index (κ3) is 5.02. The van der Waals surface area contributed by atoms with E-state index in [4.69, 9.17) is 4.74 Å². The molecule has 1 aliphatic rings. The number of halogens is 2. The van der Waals surface area contributed by atoms with Crippen molar-refractivity contribution in [3.05, 3.63) is 59.7 Å². The van der Waals surface area contributed by atoms with Gasteiger partial charge in [0.05, 0.1) is 0 Å². The average molecular weight is 360 g/mol. The summed E-state index contributed by atoms with van der Waals surface area (Å²) in [5, 5.41) is 6.30. The highest BCUT2D eigenvalue weighted by Gasteiger charge is 2.13. The third-order valence-corrected chi connectivity index (χ3v) is 4.48. The third-order valence-electron chi connectivity index (χ3n) is 4.48. The second-order valence-corrected chi connectivity index (χ2v) is 6.46. The van der Waals surface area contributed by atoms with Gasteiger partial charge in [-0.3, -0.25) is 4.79 Å². The molecule has 4 nitrogen and oxygen atoms in total. The van der Waals surface area contributed by atoms with E-state index in [0.717, 1.165) is 31.6 Å². The number of ether oxygens (including phenoxy) is 1. The van der Waals surface area contributed by atoms with Crippen molar-refractivity contribution in [1.82, 2.24) is 10.6 Å². The van der Waals surface area contributed by atoms with Crippen LogP contribution in [-0.4, -0.2) is 25.5 Å². The maximum absolute atomic E-state index is 13.2. The van der Waals surface area contributed by atoms with Crippen LogP contribution in [0.4, 0.5) is 8.78 Å². The highest BCUT2D eigenvalue weighted by atomic mass is 19.2. The Hall–Kier alpha value is -2.47. The Labute approximate surface area is 151 Å². The van der Waals surface area contributed by atoms with Crippen molar-refractivity contribution in [3.63, 3.8) is 0 Å². The van der Waals surface area contributed by atoms with Gasteiger partial charge in [0, 0.05) is 18.2 Å². The number of carbonyl (C=O) groups excluding carboxylic acids is 1. The van der Waals surface area contributed by atoms with E-state index in [0.29, 0.717) is 23.8 Å². The Morgan fingerprint density at radius 1 is 1.12 bits per heavy atom. The first kappa shape index (κ1) is 18.3. The van der Waals surface area contributed by atoms with Crippen LogP contribution in [0.2, 0.25) is 0 Å². The Morgan fingerprint density at radius 3 is 2.58 bits per heavy atom. The lowest BCUT2D eigenvalue weighted by atomic mass is 9.96. The van der Waals surface area contributed by atoms with Crippen molar-refractivity contribution in [3.8, 4) is 11.5 Å². The summed E-state index contributed by atoms with van der Waals surface area (Å²) in [7, 11) is 0. The molecule has 138 valence electrons. The van der Waals surface area contributed by atoms with Crippen LogP contribution in [0.1, 0.15) is 29.6 Å². The molecule has 2 aromatic carbocycles. The largest absolute Gasteiger partial charge is 0.457 e. The quantitative estimate of drug-likeness (QED) is 0.822. The number of nitrogens with one attached hydrogen (secondary N) is 2. The van der Waals surface area contributed by atoms with Crippen molar-refractivity contribution >= 4 is 5.91 Å². The Balaban J connectivity index is 1.49. The Bertz CT molecular complexity index is 744. The molecule has 1 unspecified atom stereocenters. The van der Waals surface area contributed by atoms with E-state index in [9.17, 15) is 13.6 Å². The summed E-state index contributed by atoms with van der Waals surface area (Å²) >= 11 is 0. The molecule has 0 saturated carbocycles. The van der Waals surface area contributed by atoms with Gasteiger partial charge in [-0.05, 0) is 74.7 Å². The summed E-state index contributed by atoms with van der Waals surface area (Å²) in [6, 6.07) is 9.88. The van der Waals surface area contributed by atoms with E-state index in [-0.39, 0.29) is 11.7 Å². The van der Waals surface area contributed by atoms with Gasteiger partial charge in [-0.25, -0.2) is 8.78 Å². The van der Waals surface area contributed by atoms with Gasteiger partial charge in [0.2, 0.25) is 0 Å². The molecule has 1 heterocycles. The molecule has 2 N–H and O–H groups in total. The zero-order chi connectivity index (χ0) is 18.4. The number of hydrogen-bond acceptors (Lipinski definition) is 3. The van der Waals surface area contributed by atoms with Crippen LogP contribution >= 0.6 is 0 Å². The number of amides is 1. The standard InChI is InChI=1S/C20H22F2N2O2/c21-18-8-7-17(12-19(18)22)26-16-5-3-15(4-6-16)20(25)24-11-9-14-2-1-10-23-13-14/h3-8,12,14,23H,1-2,9-11,13H2,(H,24,25). The first-order valence-electron chi connectivity index (χ1n) is 8.84. The van der Waals surface area contributed by atoms with Gasteiger partial charge >= 0.3 is 0 Å². The molecule has 0 aliphatic carbocycles. The monoisotopic (exact) mass is 360 g/mol. The van der Waals surface area contributed by atoms with Gasteiger partial charge in [-0.1, -0.05) is 0 Å². The summed E-state index contributed by atoms with van der Waals surface area (Å²) in [6.45, 7) is 2.76. The minimum absolute atomic E-state index is 0.131. The Morgan fingerprint density at radius 2 is 1.88 bits per heavy atom. The van der Waals surface area contributed by atoms with E-state index in [2.05, 4.69) is 10.6 Å². The maximum Gasteiger partial charge on any atom is 0.251 e. The summed E-state index contributed by atoms with van der Waals surface area (Å²) in [5.74, 6) is -0.757. The Kier molecular flexibility index (Phi) is 6.17. The lowest BCUT2D eigenvalue weighted by Gasteiger charge is -2.22. The van der Waals surface area contributed by atoms with E-state index >= 15 is 0 Å². The number of hydrogen-bond donors (Lipinski definition) is 2. The van der Waals surface area contributed by atoms with Crippen molar-refractivity contribution in [2.75, 3.05) is 19.6 Å². The molecule has 1 atom stereocenters. The van der Waals surface area contributed by atoms with Crippen molar-refractivity contribution < 1.29 is 18.3 Å². The van der Waals surface area contributed by atoms with Gasteiger partial charge in [-0.2, -0.15) is 0 Å². The van der Waals surface area contributed by atoms with E-state index in [1.807, 2.05) is 0 Å². The molecule has 1 amide bonds. The highest BCUT2D eigenvalue weighted by molar-refractivity contribution is 5.94. The lowest BCUT2D eigenvalue weighted by molar-refractivity contribution is 0.0950. The van der Waals surface area contributed by atoms with Gasteiger partial charge < -0.3 is 15.4 Å². The molecule has 1 saturated heterocycles. The molecule has 6 heteroatoms. The normalized spacial score (nSPS) is 16.9. The molecular formula is C20H22F2N2O2. The molecule has 1 fully saturated rings. The molecule has 1 aliphatic heterocycles. The fraction of sp³-hybridized carbons (Fsp3) is 0.350. The number of carbonyl (C=O) groups is 1. The summed E-state index contributed by atoms with van der Waals surface area (Å²) in [4.78, 5) is 12.2. The average Bonchev–Trinajstić information content (AvgIpc) is 2.66. The topological polar surface area (TPSA) is 50.4 Å². The van der Waals surface area contributed by atoms with Crippen LogP contribution in [0.3, 0.4) is 0 Å². The van der Waals surface area contributed by atoms with E-state index in [1.54, 1.807) is 24.3 Å². The molecule has 2 aromatic rings. The molecule has 0 aromatic heterocycles. The lowest BCUT2D eigenvalue weighted by Crippen LogP contribution is -2.33. The van der Waals surface area contributed by atoms with Gasteiger partial charge in [0.1, 0.15) is 11.5 Å². The van der Waals surface area contributed by atoms with Gasteiger partial charge in [-0.15, -0.1) is 0 Å². The SMILES string of the molecule is O=C(NCCC1CCCNC1)c1ccc(Oc2ccc(F)c(F)c2)cc1. The fourth-order valence-corrected chi connectivity index (χ4v) is 3.01. The molecule has 0 bridgehead atoms. The smallest absolute Gasteiger partial charge is 0.251 e. The zero-order valence-corrected chi connectivity index (χ0v) is 14.4. The summed E-state index contributed by atoms with van der Waals surface area (Å²) in [6.07, 6.45) is 3.37. The van der Waals surface area contributed by atoms with Crippen LogP contribution in [0.5, 0.6) is 11.5 Å². The maximum atomic E-state index is 13.2. The van der Waals surface area contributed by atoms with Crippen LogP contribution in [0, 0.1) is 17.6 Å². The van der Waals surface area contributed by atoms with Crippen molar-refractivity contribution in [2.45, 2.75) is 19.3 Å². The molecule has 0 spiro atoms. The van der Waals surface area contributed by atoms with Gasteiger partial charge in [0.15, 0.2) is 11.6 Å². The minimum atomic E-state index is -0.966. The fourth-order valence-electron chi connectivity index (χ4n) is 3.01. The summed E-state index contributed by atoms with van der Waals surface area (Å²) in [5.41, 5.74) is 0.532. The predicted molar refractivity (Wildman–Crippen MR) is 95.4 cm³/mol. The number of rotatable bonds is 6. The van der Waals surface area contributed by atoms with E-state index in [1.165, 1.54) is 18.9 Å². The summed E-state index contributed by atoms with van der Waals surface area (Å²) < 4.78 is 31.6. The van der Waals surface area contributed by atoms with E-state index < -0.39 is 11.6 Å². The zero-order valence-electron chi connectivity index (χ0n) is 14.4. The number of piperidine rings is 1. The van der Waals surface area contributed by atoms with Gasteiger partial charge in [0.25, 0.3) is 5.91 Å². The number of benzene rings is 2. The second kappa shape index (κ2) is 8.76. The molecular weight excluding hydrogens is 338 g/mol. The first-order chi connectivity index (χ1) is 12.6. The van der Waals surface area contributed by atoms with Crippen LogP contribution in [0.15, 0.2) is 42.5 Å².